The van der Waals surface area contributed by atoms with Crippen molar-refractivity contribution in [3.05, 3.63) is 35.0 Å². The molecule has 0 bridgehead atoms. The van der Waals surface area contributed by atoms with Gasteiger partial charge in [0.05, 0.1) is 24.0 Å². The molecule has 4 rings (SSSR count). The second-order valence-electron chi connectivity index (χ2n) is 7.61. The third-order valence-corrected chi connectivity index (χ3v) is 5.88. The molecule has 1 aliphatic carbocycles. The average molecular weight is 399 g/mol. The third kappa shape index (κ3) is 4.50. The molecule has 7 nitrogen and oxygen atoms in total. The molecule has 1 saturated carbocycles. The summed E-state index contributed by atoms with van der Waals surface area (Å²) in [5, 5.41) is 9.52. The molecule has 0 aromatic carbocycles. The van der Waals surface area contributed by atoms with E-state index in [0.29, 0.717) is 17.5 Å². The van der Waals surface area contributed by atoms with Crippen LogP contribution in [-0.4, -0.2) is 39.6 Å². The maximum Gasteiger partial charge on any atom is 0.235 e. The number of rotatable bonds is 6. The first-order valence-corrected chi connectivity index (χ1v) is 10.1. The first-order chi connectivity index (χ1) is 13.6. The van der Waals surface area contributed by atoms with Crippen molar-refractivity contribution in [2.75, 3.05) is 24.6 Å². The summed E-state index contributed by atoms with van der Waals surface area (Å²) in [4.78, 5) is 19.0. The maximum absolute atomic E-state index is 8.94. The van der Waals surface area contributed by atoms with Crippen LogP contribution in [0.5, 0.6) is 5.88 Å². The summed E-state index contributed by atoms with van der Waals surface area (Å²) in [6.07, 6.45) is 8.01. The monoisotopic (exact) mass is 398 g/mol. The minimum absolute atomic E-state index is 0.163. The van der Waals surface area contributed by atoms with E-state index in [4.69, 9.17) is 21.6 Å². The molecule has 3 heterocycles. The van der Waals surface area contributed by atoms with Crippen LogP contribution in [-0.2, 0) is 0 Å². The molecule has 0 spiro atoms. The lowest BCUT2D eigenvalue weighted by atomic mass is 9.90. The molecule has 2 atom stereocenters. The molecule has 2 aliphatic rings. The smallest absolute Gasteiger partial charge is 0.235 e. The van der Waals surface area contributed by atoms with Crippen LogP contribution in [0.4, 0.5) is 5.95 Å². The number of aromatic nitrogens is 4. The number of hydrogen-bond donors (Lipinski definition) is 0. The fourth-order valence-electron chi connectivity index (χ4n) is 4.16. The lowest BCUT2D eigenvalue weighted by Gasteiger charge is -2.32. The van der Waals surface area contributed by atoms with Gasteiger partial charge in [-0.1, -0.05) is 11.6 Å². The second kappa shape index (κ2) is 8.27. The van der Waals surface area contributed by atoms with Crippen LogP contribution in [0.2, 0.25) is 5.02 Å². The van der Waals surface area contributed by atoms with Crippen molar-refractivity contribution in [1.82, 2.24) is 19.9 Å². The van der Waals surface area contributed by atoms with Gasteiger partial charge in [-0.25, -0.2) is 15.0 Å². The number of aryl methyl sites for hydroxylation is 1. The van der Waals surface area contributed by atoms with E-state index >= 15 is 0 Å². The topological polar surface area (TPSA) is 87.8 Å². The second-order valence-corrected chi connectivity index (χ2v) is 8.04. The number of nitriles is 1. The standard InChI is InChI=1S/C20H23ClN6O/c1-13-8-19(26-18(10-22)25-13)28-7-4-15-9-17(15)14-2-5-27(6-3-14)20-23-11-16(21)12-24-20/h8,11-12,14-15,17H,2-7,9H2,1H3/t15-,17-/m1/s1. The molecule has 0 amide bonds. The SMILES string of the molecule is Cc1cc(OCC[C@@H]2C[C@@H]2C2CCN(c3ncc(Cl)cn3)CC2)nc(C#N)n1. The van der Waals surface area contributed by atoms with Gasteiger partial charge in [0.2, 0.25) is 17.7 Å². The highest BCUT2D eigenvalue weighted by Crippen LogP contribution is 2.49. The van der Waals surface area contributed by atoms with Crippen LogP contribution in [0.1, 0.15) is 37.2 Å². The van der Waals surface area contributed by atoms with Crippen LogP contribution >= 0.6 is 11.6 Å². The van der Waals surface area contributed by atoms with Gasteiger partial charge in [0.25, 0.3) is 0 Å². The number of anilines is 1. The molecular formula is C20H23ClN6O. The normalized spacial score (nSPS) is 22.0. The molecule has 146 valence electrons. The summed E-state index contributed by atoms with van der Waals surface area (Å²) < 4.78 is 5.76. The number of hydrogen-bond acceptors (Lipinski definition) is 7. The fourth-order valence-corrected chi connectivity index (χ4v) is 4.25. The summed E-state index contributed by atoms with van der Waals surface area (Å²) in [5.41, 5.74) is 0.752. The largest absolute Gasteiger partial charge is 0.478 e. The van der Waals surface area contributed by atoms with Gasteiger partial charge in [-0.2, -0.15) is 10.2 Å². The zero-order valence-corrected chi connectivity index (χ0v) is 16.6. The molecule has 28 heavy (non-hydrogen) atoms. The van der Waals surface area contributed by atoms with E-state index in [1.165, 1.54) is 19.3 Å². The predicted molar refractivity (Wildman–Crippen MR) is 105 cm³/mol. The Morgan fingerprint density at radius 3 is 2.71 bits per heavy atom. The van der Waals surface area contributed by atoms with E-state index in [1.807, 2.05) is 13.0 Å². The molecule has 1 saturated heterocycles. The van der Waals surface area contributed by atoms with Gasteiger partial charge in [0.1, 0.15) is 6.07 Å². The molecule has 0 radical (unpaired) electrons. The van der Waals surface area contributed by atoms with Crippen LogP contribution in [0.3, 0.4) is 0 Å². The summed E-state index contributed by atoms with van der Waals surface area (Å²) >= 11 is 5.87. The van der Waals surface area contributed by atoms with Crippen molar-refractivity contribution in [3.63, 3.8) is 0 Å². The highest BCUT2D eigenvalue weighted by molar-refractivity contribution is 6.30. The zero-order chi connectivity index (χ0) is 19.5. The van der Waals surface area contributed by atoms with Gasteiger partial charge < -0.3 is 9.64 Å². The van der Waals surface area contributed by atoms with E-state index in [-0.39, 0.29) is 5.82 Å². The van der Waals surface area contributed by atoms with Crippen molar-refractivity contribution < 1.29 is 4.74 Å². The molecule has 2 aromatic heterocycles. The Bertz CT molecular complexity index is 860. The summed E-state index contributed by atoms with van der Waals surface area (Å²) in [6.45, 7) is 4.49. The minimum atomic E-state index is 0.163. The van der Waals surface area contributed by atoms with Crippen LogP contribution in [0.25, 0.3) is 0 Å². The lowest BCUT2D eigenvalue weighted by molar-refractivity contribution is 0.275. The highest BCUT2D eigenvalue weighted by atomic mass is 35.5. The minimum Gasteiger partial charge on any atom is -0.478 e. The van der Waals surface area contributed by atoms with E-state index in [1.54, 1.807) is 18.5 Å². The van der Waals surface area contributed by atoms with Crippen LogP contribution in [0, 0.1) is 36.0 Å². The number of piperidine rings is 1. The fraction of sp³-hybridized carbons (Fsp3) is 0.550. The Kier molecular flexibility index (Phi) is 5.58. The van der Waals surface area contributed by atoms with Crippen LogP contribution in [0.15, 0.2) is 18.5 Å². The van der Waals surface area contributed by atoms with Gasteiger partial charge in [-0.05, 0) is 50.4 Å². The van der Waals surface area contributed by atoms with E-state index < -0.39 is 0 Å². The summed E-state index contributed by atoms with van der Waals surface area (Å²) in [7, 11) is 0. The Morgan fingerprint density at radius 1 is 1.25 bits per heavy atom. The quantitative estimate of drug-likeness (QED) is 0.736. The molecule has 2 fully saturated rings. The first kappa shape index (κ1) is 18.9. The number of ether oxygens (including phenoxy) is 1. The molecule has 0 N–H and O–H groups in total. The van der Waals surface area contributed by atoms with Crippen LogP contribution < -0.4 is 9.64 Å². The Labute approximate surface area is 169 Å². The van der Waals surface area contributed by atoms with Crippen molar-refractivity contribution >= 4 is 17.5 Å². The van der Waals surface area contributed by atoms with Gasteiger partial charge >= 0.3 is 0 Å². The number of nitrogens with zero attached hydrogens (tertiary/aromatic N) is 6. The van der Waals surface area contributed by atoms with Crippen molar-refractivity contribution in [1.29, 1.82) is 5.26 Å². The average Bonchev–Trinajstić information content (AvgIpc) is 3.48. The van der Waals surface area contributed by atoms with Gasteiger partial charge in [0.15, 0.2) is 0 Å². The third-order valence-electron chi connectivity index (χ3n) is 5.68. The van der Waals surface area contributed by atoms with Gasteiger partial charge in [0, 0.05) is 24.8 Å². The lowest BCUT2D eigenvalue weighted by Crippen LogP contribution is -2.35. The van der Waals surface area contributed by atoms with Gasteiger partial charge in [-0.15, -0.1) is 0 Å². The Morgan fingerprint density at radius 2 is 2.00 bits per heavy atom. The number of halogens is 1. The van der Waals surface area contributed by atoms with Crippen molar-refractivity contribution in [3.8, 4) is 11.9 Å². The van der Waals surface area contributed by atoms with Crippen molar-refractivity contribution in [2.24, 2.45) is 17.8 Å². The molecular weight excluding hydrogens is 376 g/mol. The Hall–Kier alpha value is -2.46. The summed E-state index contributed by atoms with van der Waals surface area (Å²) in [6, 6.07) is 3.74. The predicted octanol–water partition coefficient (Wildman–Crippen LogP) is 3.42. The van der Waals surface area contributed by atoms with Gasteiger partial charge in [-0.3, -0.25) is 0 Å². The van der Waals surface area contributed by atoms with E-state index in [9.17, 15) is 0 Å². The molecule has 2 aromatic rings. The Balaban J connectivity index is 1.20. The zero-order valence-electron chi connectivity index (χ0n) is 15.9. The van der Waals surface area contributed by atoms with E-state index in [2.05, 4.69) is 24.8 Å². The van der Waals surface area contributed by atoms with Crippen molar-refractivity contribution in [2.45, 2.75) is 32.6 Å². The first-order valence-electron chi connectivity index (χ1n) is 9.73. The molecule has 8 heteroatoms. The summed E-state index contributed by atoms with van der Waals surface area (Å²) in [5.74, 6) is 3.76. The van der Waals surface area contributed by atoms with E-state index in [0.717, 1.165) is 48.9 Å². The molecule has 1 aliphatic heterocycles. The molecule has 0 unspecified atom stereocenters. The maximum atomic E-state index is 8.94. The highest BCUT2D eigenvalue weighted by Gasteiger charge is 2.43.